The molecule has 0 amide bonds. The fourth-order valence-corrected chi connectivity index (χ4v) is 9.23. The lowest BCUT2D eigenvalue weighted by Gasteiger charge is -2.22. The predicted molar refractivity (Wildman–Crippen MR) is 239 cm³/mol. The average molecular weight is 745 g/mol. The highest BCUT2D eigenvalue weighted by Gasteiger charge is 2.35. The first-order valence-electron chi connectivity index (χ1n) is 20.1. The summed E-state index contributed by atoms with van der Waals surface area (Å²) >= 11 is 0. The van der Waals surface area contributed by atoms with Crippen LogP contribution in [0.1, 0.15) is 43.1 Å². The van der Waals surface area contributed by atoms with Crippen LogP contribution in [0, 0.1) is 0 Å². The number of allylic oxidation sites excluding steroid dienone is 4. The molecule has 1 unspecified atom stereocenters. The Balaban J connectivity index is 1.08. The maximum atomic E-state index is 5.26. The van der Waals surface area contributed by atoms with Crippen molar-refractivity contribution in [2.45, 2.75) is 31.6 Å². The summed E-state index contributed by atoms with van der Waals surface area (Å²) in [6.45, 7) is 4.63. The molecular weight excluding hydrogens is 705 g/mol. The van der Waals surface area contributed by atoms with E-state index in [1.54, 1.807) is 0 Å². The number of aromatic nitrogens is 4. The molecular formula is C54H40N4. The molecule has 0 aliphatic heterocycles. The second-order valence-corrected chi connectivity index (χ2v) is 16.0. The third-order valence-electron chi connectivity index (χ3n) is 12.2. The number of hydrogen-bond donors (Lipinski definition) is 0. The molecule has 0 saturated carbocycles. The first-order chi connectivity index (χ1) is 28.5. The maximum absolute atomic E-state index is 5.26. The normalized spacial score (nSPS) is 15.2. The van der Waals surface area contributed by atoms with E-state index in [4.69, 9.17) is 15.0 Å². The van der Waals surface area contributed by atoms with E-state index in [0.29, 0.717) is 11.6 Å². The van der Waals surface area contributed by atoms with Crippen LogP contribution in [0.4, 0.5) is 0 Å². The zero-order chi connectivity index (χ0) is 38.8. The van der Waals surface area contributed by atoms with Gasteiger partial charge in [0.25, 0.3) is 0 Å². The van der Waals surface area contributed by atoms with E-state index < -0.39 is 0 Å². The summed E-state index contributed by atoms with van der Waals surface area (Å²) < 4.78 is 2.39. The molecule has 2 aliphatic carbocycles. The summed E-state index contributed by atoms with van der Waals surface area (Å²) in [5.41, 5.74) is 15.2. The largest absolute Gasteiger partial charge is 0.309 e. The topological polar surface area (TPSA) is 43.6 Å². The summed E-state index contributed by atoms with van der Waals surface area (Å²) in [6, 6.07) is 59.1. The van der Waals surface area contributed by atoms with Crippen LogP contribution in [-0.2, 0) is 5.41 Å². The standard InChI is InChI=1S/C54H40N4/c1-54(2)46-26-13-12-24-43(46)44-30-28-40(34-47(44)54)53-56-51(36-18-8-4-9-19-36)55-52(57-53)39-21-14-20-38(32-39)42-25-15-27-49-50(42)45-33-37(35-16-6-3-7-17-35)29-31-48(45)58(49)41-22-10-5-11-23-41/h3-18,20-34,36H,19H2,1-2H3. The Morgan fingerprint density at radius 3 is 1.98 bits per heavy atom. The van der Waals surface area contributed by atoms with Crippen LogP contribution >= 0.6 is 0 Å². The summed E-state index contributed by atoms with van der Waals surface area (Å²) in [4.78, 5) is 15.7. The van der Waals surface area contributed by atoms with Crippen molar-refractivity contribution in [1.29, 1.82) is 0 Å². The zero-order valence-corrected chi connectivity index (χ0v) is 32.5. The average Bonchev–Trinajstić information content (AvgIpc) is 3.75. The minimum Gasteiger partial charge on any atom is -0.309 e. The SMILES string of the molecule is CC1(C)c2ccccc2-c2ccc(-c3nc(-c4cccc(-c5cccc6c5c5cc(-c7ccccc7)ccc5n6-c5ccccc5)c4)nc(C4C=CC=CC4)n3)cc21. The predicted octanol–water partition coefficient (Wildman–Crippen LogP) is 13.5. The Morgan fingerprint density at radius 1 is 0.500 bits per heavy atom. The van der Waals surface area contributed by atoms with Gasteiger partial charge in [-0.1, -0.05) is 159 Å². The van der Waals surface area contributed by atoms with Crippen molar-refractivity contribution >= 4 is 21.8 Å². The number of benzene rings is 7. The number of rotatable bonds is 6. The van der Waals surface area contributed by atoms with Gasteiger partial charge in [0.2, 0.25) is 0 Å². The Morgan fingerprint density at radius 2 is 1.17 bits per heavy atom. The van der Waals surface area contributed by atoms with Crippen LogP contribution in [0.25, 0.3) is 83.6 Å². The van der Waals surface area contributed by atoms with Gasteiger partial charge in [-0.05, 0) is 93.4 Å². The van der Waals surface area contributed by atoms with Crippen molar-refractivity contribution in [2.75, 3.05) is 0 Å². The highest BCUT2D eigenvalue weighted by Crippen LogP contribution is 2.49. The van der Waals surface area contributed by atoms with Crippen molar-refractivity contribution in [3.05, 3.63) is 205 Å². The Kier molecular flexibility index (Phi) is 7.94. The zero-order valence-electron chi connectivity index (χ0n) is 32.5. The van der Waals surface area contributed by atoms with E-state index >= 15 is 0 Å². The fraction of sp³-hybridized carbons (Fsp3) is 0.0926. The number of fused-ring (bicyclic) bond motifs is 6. The Bertz CT molecular complexity index is 3110. The fourth-order valence-electron chi connectivity index (χ4n) is 9.23. The molecule has 4 nitrogen and oxygen atoms in total. The molecule has 2 aliphatic rings. The molecule has 1 atom stereocenters. The molecule has 9 aromatic rings. The molecule has 4 heteroatoms. The molecule has 276 valence electrons. The van der Waals surface area contributed by atoms with Crippen molar-refractivity contribution in [2.24, 2.45) is 0 Å². The second-order valence-electron chi connectivity index (χ2n) is 16.0. The van der Waals surface area contributed by atoms with Gasteiger partial charge in [-0.2, -0.15) is 0 Å². The van der Waals surface area contributed by atoms with Crippen LogP contribution in [0.3, 0.4) is 0 Å². The molecule has 2 aromatic heterocycles. The summed E-state index contributed by atoms with van der Waals surface area (Å²) in [6.07, 6.45) is 9.45. The van der Waals surface area contributed by atoms with Crippen LogP contribution in [0.15, 0.2) is 188 Å². The quantitative estimate of drug-likeness (QED) is 0.170. The molecule has 0 N–H and O–H groups in total. The van der Waals surface area contributed by atoms with E-state index in [1.807, 2.05) is 0 Å². The number of hydrogen-bond acceptors (Lipinski definition) is 3. The molecule has 0 bridgehead atoms. The third-order valence-corrected chi connectivity index (χ3v) is 12.2. The third kappa shape index (κ3) is 5.55. The van der Waals surface area contributed by atoms with Gasteiger partial charge in [0.05, 0.1) is 11.0 Å². The molecule has 2 heterocycles. The van der Waals surface area contributed by atoms with Gasteiger partial charge in [-0.3, -0.25) is 0 Å². The first-order valence-corrected chi connectivity index (χ1v) is 20.1. The molecule has 0 saturated heterocycles. The van der Waals surface area contributed by atoms with Crippen LogP contribution in [0.5, 0.6) is 0 Å². The lowest BCUT2D eigenvalue weighted by atomic mass is 9.82. The maximum Gasteiger partial charge on any atom is 0.163 e. The van der Waals surface area contributed by atoms with Crippen LogP contribution < -0.4 is 0 Å². The van der Waals surface area contributed by atoms with E-state index in [-0.39, 0.29) is 11.3 Å². The van der Waals surface area contributed by atoms with Gasteiger partial charge >= 0.3 is 0 Å². The minimum absolute atomic E-state index is 0.0699. The van der Waals surface area contributed by atoms with Crippen molar-refractivity contribution < 1.29 is 0 Å². The lowest BCUT2D eigenvalue weighted by Crippen LogP contribution is -2.15. The smallest absolute Gasteiger partial charge is 0.163 e. The molecule has 0 spiro atoms. The van der Waals surface area contributed by atoms with Crippen molar-refractivity contribution in [3.8, 4) is 61.8 Å². The van der Waals surface area contributed by atoms with Gasteiger partial charge in [0.15, 0.2) is 11.6 Å². The van der Waals surface area contributed by atoms with Gasteiger partial charge < -0.3 is 4.57 Å². The molecule has 58 heavy (non-hydrogen) atoms. The van der Waals surface area contributed by atoms with Crippen molar-refractivity contribution in [1.82, 2.24) is 19.5 Å². The number of nitrogens with zero attached hydrogens (tertiary/aromatic N) is 4. The minimum atomic E-state index is -0.127. The van der Waals surface area contributed by atoms with E-state index in [9.17, 15) is 0 Å². The second kappa shape index (κ2) is 13.5. The van der Waals surface area contributed by atoms with Crippen molar-refractivity contribution in [3.63, 3.8) is 0 Å². The number of para-hydroxylation sites is 1. The van der Waals surface area contributed by atoms with Crippen LogP contribution in [-0.4, -0.2) is 19.5 Å². The lowest BCUT2D eigenvalue weighted by molar-refractivity contribution is 0.660. The molecule has 0 fully saturated rings. The van der Waals surface area contributed by atoms with Gasteiger partial charge in [-0.25, -0.2) is 15.0 Å². The highest BCUT2D eigenvalue weighted by molar-refractivity contribution is 6.16. The highest BCUT2D eigenvalue weighted by atomic mass is 15.0. The molecule has 7 aromatic carbocycles. The Labute approximate surface area is 338 Å². The Hall–Kier alpha value is -7.17. The van der Waals surface area contributed by atoms with E-state index in [0.717, 1.165) is 40.1 Å². The van der Waals surface area contributed by atoms with E-state index in [1.165, 1.54) is 55.2 Å². The monoisotopic (exact) mass is 744 g/mol. The van der Waals surface area contributed by atoms with Gasteiger partial charge in [0.1, 0.15) is 5.82 Å². The molecule has 11 rings (SSSR count). The summed E-state index contributed by atoms with van der Waals surface area (Å²) in [7, 11) is 0. The van der Waals surface area contributed by atoms with Gasteiger partial charge in [0, 0.05) is 38.9 Å². The molecule has 0 radical (unpaired) electrons. The first kappa shape index (κ1) is 34.1. The van der Waals surface area contributed by atoms with Gasteiger partial charge in [-0.15, -0.1) is 0 Å². The van der Waals surface area contributed by atoms with Crippen LogP contribution in [0.2, 0.25) is 0 Å². The summed E-state index contributed by atoms with van der Waals surface area (Å²) in [5, 5.41) is 2.43. The summed E-state index contributed by atoms with van der Waals surface area (Å²) in [5.74, 6) is 2.23. The van der Waals surface area contributed by atoms with E-state index in [2.05, 4.69) is 207 Å².